The van der Waals surface area contributed by atoms with Crippen LogP contribution in [0.1, 0.15) is 15.9 Å². The molecule has 2 rings (SSSR count). The molecule has 2 aromatic rings. The standard InChI is InChI=1S/C17H11Cl2F3N4O6/c18-10-2-1-8(3-12(10)26(30)31)16(29)24-6-14(28)32-7-13(27)25-15-11(19)4-9(5-23-15)17(20,21)22/h1-5H,6-7H2,(H,24,29)(H,23,25,27). The molecule has 0 unspecified atom stereocenters. The summed E-state index contributed by atoms with van der Waals surface area (Å²) in [5.74, 6) is -3.21. The van der Waals surface area contributed by atoms with Crippen molar-refractivity contribution in [2.75, 3.05) is 18.5 Å². The van der Waals surface area contributed by atoms with Gasteiger partial charge in [0.25, 0.3) is 17.5 Å². The summed E-state index contributed by atoms with van der Waals surface area (Å²) in [7, 11) is 0. The lowest BCUT2D eigenvalue weighted by Gasteiger charge is -2.10. The van der Waals surface area contributed by atoms with Crippen LogP contribution in [0.2, 0.25) is 10.0 Å². The largest absolute Gasteiger partial charge is 0.454 e. The average molecular weight is 495 g/mol. The molecular weight excluding hydrogens is 484 g/mol. The van der Waals surface area contributed by atoms with Crippen molar-refractivity contribution in [1.29, 1.82) is 0 Å². The third-order valence-corrected chi connectivity index (χ3v) is 4.20. The number of anilines is 1. The third-order valence-electron chi connectivity index (χ3n) is 3.59. The minimum atomic E-state index is -4.67. The maximum Gasteiger partial charge on any atom is 0.417 e. The van der Waals surface area contributed by atoms with E-state index in [2.05, 4.69) is 20.4 Å². The number of nitro benzene ring substituents is 1. The fraction of sp³-hybridized carbons (Fsp3) is 0.176. The second-order valence-electron chi connectivity index (χ2n) is 5.87. The fourth-order valence-electron chi connectivity index (χ4n) is 2.10. The van der Waals surface area contributed by atoms with Crippen LogP contribution in [0.25, 0.3) is 0 Å². The topological polar surface area (TPSA) is 141 Å². The first-order chi connectivity index (χ1) is 14.9. The van der Waals surface area contributed by atoms with Gasteiger partial charge in [-0.3, -0.25) is 24.5 Å². The highest BCUT2D eigenvalue weighted by Crippen LogP contribution is 2.32. The number of aromatic nitrogens is 1. The van der Waals surface area contributed by atoms with E-state index in [1.54, 1.807) is 0 Å². The molecule has 0 saturated carbocycles. The number of hydrogen-bond donors (Lipinski definition) is 2. The SMILES string of the molecule is O=C(COC(=O)CNC(=O)c1ccc(Cl)c([N+](=O)[O-])c1)Nc1ncc(C(F)(F)F)cc1Cl. The first-order valence-electron chi connectivity index (χ1n) is 8.29. The van der Waals surface area contributed by atoms with Crippen LogP contribution in [-0.2, 0) is 20.5 Å². The molecule has 2 N–H and O–H groups in total. The molecule has 0 aliphatic rings. The summed E-state index contributed by atoms with van der Waals surface area (Å²) in [6, 6.07) is 3.81. The molecule has 170 valence electrons. The van der Waals surface area contributed by atoms with Gasteiger partial charge in [0.1, 0.15) is 11.6 Å². The van der Waals surface area contributed by atoms with Crippen LogP contribution in [0.15, 0.2) is 30.5 Å². The first-order valence-corrected chi connectivity index (χ1v) is 9.04. The number of rotatable bonds is 7. The minimum absolute atomic E-state index is 0.144. The maximum absolute atomic E-state index is 12.6. The molecule has 0 aliphatic heterocycles. The molecule has 0 aliphatic carbocycles. The number of halogens is 5. The highest BCUT2D eigenvalue weighted by atomic mass is 35.5. The number of pyridine rings is 1. The van der Waals surface area contributed by atoms with Crippen LogP contribution in [0, 0.1) is 10.1 Å². The van der Waals surface area contributed by atoms with E-state index in [-0.39, 0.29) is 16.4 Å². The second-order valence-corrected chi connectivity index (χ2v) is 6.68. The minimum Gasteiger partial charge on any atom is -0.454 e. The van der Waals surface area contributed by atoms with Crippen LogP contribution in [-0.4, -0.2) is 40.8 Å². The fourth-order valence-corrected chi connectivity index (χ4v) is 2.50. The molecule has 0 radical (unpaired) electrons. The van der Waals surface area contributed by atoms with Gasteiger partial charge in [-0.2, -0.15) is 13.2 Å². The number of benzene rings is 1. The van der Waals surface area contributed by atoms with Gasteiger partial charge >= 0.3 is 12.1 Å². The van der Waals surface area contributed by atoms with Crippen LogP contribution in [0.4, 0.5) is 24.7 Å². The summed E-state index contributed by atoms with van der Waals surface area (Å²) in [5.41, 5.74) is -1.77. The molecule has 0 bridgehead atoms. The molecule has 1 aromatic carbocycles. The van der Waals surface area contributed by atoms with Crippen molar-refractivity contribution in [1.82, 2.24) is 10.3 Å². The Morgan fingerprint density at radius 3 is 2.44 bits per heavy atom. The number of ether oxygens (including phenoxy) is 1. The third kappa shape index (κ3) is 6.78. The van der Waals surface area contributed by atoms with E-state index in [0.717, 1.165) is 12.1 Å². The summed E-state index contributed by atoms with van der Waals surface area (Å²) < 4.78 is 42.3. The van der Waals surface area contributed by atoms with Crippen molar-refractivity contribution in [2.24, 2.45) is 0 Å². The molecule has 0 fully saturated rings. The number of nitrogens with one attached hydrogen (secondary N) is 2. The number of nitrogens with zero attached hydrogens (tertiary/aromatic N) is 2. The van der Waals surface area contributed by atoms with Gasteiger partial charge in [-0.1, -0.05) is 23.2 Å². The summed E-state index contributed by atoms with van der Waals surface area (Å²) in [5, 5.41) is 14.4. The number of carbonyl (C=O) groups excluding carboxylic acids is 3. The average Bonchev–Trinajstić information content (AvgIpc) is 2.71. The Balaban J connectivity index is 1.84. The Hall–Kier alpha value is -3.45. The molecule has 0 saturated heterocycles. The number of amides is 2. The summed E-state index contributed by atoms with van der Waals surface area (Å²) in [6.45, 7) is -1.53. The van der Waals surface area contributed by atoms with Crippen LogP contribution in [0.5, 0.6) is 0 Å². The Labute approximate surface area is 186 Å². The molecule has 2 amide bonds. The van der Waals surface area contributed by atoms with E-state index in [1.807, 2.05) is 0 Å². The number of esters is 1. The zero-order valence-corrected chi connectivity index (χ0v) is 17.0. The molecule has 15 heteroatoms. The van der Waals surface area contributed by atoms with Crippen molar-refractivity contribution in [3.05, 3.63) is 61.7 Å². The zero-order chi connectivity index (χ0) is 24.1. The molecule has 0 atom stereocenters. The summed E-state index contributed by atoms with van der Waals surface area (Å²) in [4.78, 5) is 48.9. The normalized spacial score (nSPS) is 10.9. The van der Waals surface area contributed by atoms with Crippen molar-refractivity contribution >= 4 is 52.5 Å². The quantitative estimate of drug-likeness (QED) is 0.342. The lowest BCUT2D eigenvalue weighted by atomic mass is 10.2. The van der Waals surface area contributed by atoms with E-state index >= 15 is 0 Å². The van der Waals surface area contributed by atoms with E-state index in [0.29, 0.717) is 12.3 Å². The van der Waals surface area contributed by atoms with Gasteiger partial charge in [-0.25, -0.2) is 4.98 Å². The van der Waals surface area contributed by atoms with Gasteiger partial charge in [-0.05, 0) is 18.2 Å². The van der Waals surface area contributed by atoms with Gasteiger partial charge in [0.05, 0.1) is 15.5 Å². The highest BCUT2D eigenvalue weighted by molar-refractivity contribution is 6.33. The summed E-state index contributed by atoms with van der Waals surface area (Å²) >= 11 is 11.3. The maximum atomic E-state index is 12.6. The Morgan fingerprint density at radius 1 is 1.16 bits per heavy atom. The molecule has 32 heavy (non-hydrogen) atoms. The van der Waals surface area contributed by atoms with Crippen LogP contribution in [0.3, 0.4) is 0 Å². The van der Waals surface area contributed by atoms with E-state index in [9.17, 15) is 37.7 Å². The number of hydrogen-bond acceptors (Lipinski definition) is 7. The first kappa shape index (κ1) is 24.8. The monoisotopic (exact) mass is 494 g/mol. The van der Waals surface area contributed by atoms with Gasteiger partial charge < -0.3 is 15.4 Å². The van der Waals surface area contributed by atoms with Crippen LogP contribution < -0.4 is 10.6 Å². The van der Waals surface area contributed by atoms with Crippen LogP contribution >= 0.6 is 23.2 Å². The number of carbonyl (C=O) groups is 3. The lowest BCUT2D eigenvalue weighted by Crippen LogP contribution is -2.32. The van der Waals surface area contributed by atoms with Gasteiger partial charge in [-0.15, -0.1) is 0 Å². The lowest BCUT2D eigenvalue weighted by molar-refractivity contribution is -0.384. The summed E-state index contributed by atoms with van der Waals surface area (Å²) in [6.07, 6.45) is -4.21. The van der Waals surface area contributed by atoms with Crippen molar-refractivity contribution in [3.8, 4) is 0 Å². The van der Waals surface area contributed by atoms with Crippen molar-refractivity contribution in [2.45, 2.75) is 6.18 Å². The second kappa shape index (κ2) is 10.2. The number of alkyl halides is 3. The van der Waals surface area contributed by atoms with Gasteiger partial charge in [0, 0.05) is 17.8 Å². The smallest absolute Gasteiger partial charge is 0.417 e. The highest BCUT2D eigenvalue weighted by Gasteiger charge is 2.31. The molecule has 0 spiro atoms. The molecule has 1 heterocycles. The van der Waals surface area contributed by atoms with Crippen molar-refractivity contribution in [3.63, 3.8) is 0 Å². The molecule has 1 aromatic heterocycles. The Morgan fingerprint density at radius 2 is 1.84 bits per heavy atom. The van der Waals surface area contributed by atoms with Crippen molar-refractivity contribution < 1.29 is 37.2 Å². The van der Waals surface area contributed by atoms with Gasteiger partial charge in [0.15, 0.2) is 12.4 Å². The number of nitro groups is 1. The predicted molar refractivity (Wildman–Crippen MR) is 104 cm³/mol. The molecular formula is C17H11Cl2F3N4O6. The zero-order valence-electron chi connectivity index (χ0n) is 15.5. The van der Waals surface area contributed by atoms with E-state index < -0.39 is 58.3 Å². The van der Waals surface area contributed by atoms with E-state index in [4.69, 9.17) is 23.2 Å². The Bertz CT molecular complexity index is 1080. The predicted octanol–water partition coefficient (Wildman–Crippen LogP) is 3.23. The van der Waals surface area contributed by atoms with E-state index in [1.165, 1.54) is 6.07 Å². The Kier molecular flexibility index (Phi) is 7.94. The van der Waals surface area contributed by atoms with Gasteiger partial charge in [0.2, 0.25) is 0 Å². The molecule has 10 nitrogen and oxygen atoms in total.